The largest absolute Gasteiger partial charge is 0.356 e. The molecule has 1 aliphatic rings. The smallest absolute Gasteiger partial charge is 0.264 e. The predicted molar refractivity (Wildman–Crippen MR) is 85.8 cm³/mol. The minimum absolute atomic E-state index is 0.0933. The molecule has 1 unspecified atom stereocenters. The lowest BCUT2D eigenvalue weighted by atomic mass is 9.98. The minimum atomic E-state index is 0.0933. The second-order valence-corrected chi connectivity index (χ2v) is 6.41. The molecule has 3 heterocycles. The summed E-state index contributed by atoms with van der Waals surface area (Å²) in [7, 11) is 0. The van der Waals surface area contributed by atoms with E-state index in [2.05, 4.69) is 30.1 Å². The molecule has 21 heavy (non-hydrogen) atoms. The molecule has 0 bridgehead atoms. The summed E-state index contributed by atoms with van der Waals surface area (Å²) in [4.78, 5) is 18.9. The van der Waals surface area contributed by atoms with Gasteiger partial charge in [0.25, 0.3) is 5.91 Å². The van der Waals surface area contributed by atoms with Crippen LogP contribution in [0, 0.1) is 0 Å². The molecule has 0 spiro atoms. The molecule has 106 valence electrons. The summed E-state index contributed by atoms with van der Waals surface area (Å²) in [6, 6.07) is 12.3. The topological polar surface area (TPSA) is 36.1 Å². The number of nitrogens with zero attached hydrogens (tertiary/aromatic N) is 1. The van der Waals surface area contributed by atoms with Crippen LogP contribution in [-0.4, -0.2) is 22.3 Å². The van der Waals surface area contributed by atoms with Gasteiger partial charge in [0.2, 0.25) is 0 Å². The summed E-state index contributed by atoms with van der Waals surface area (Å²) in [6.45, 7) is 2.89. The van der Waals surface area contributed by atoms with Crippen molar-refractivity contribution >= 4 is 28.1 Å². The highest BCUT2D eigenvalue weighted by Crippen LogP contribution is 2.35. The lowest BCUT2D eigenvalue weighted by Crippen LogP contribution is -2.38. The fourth-order valence-corrected chi connectivity index (χ4v) is 3.93. The Bertz CT molecular complexity index is 803. The first kappa shape index (κ1) is 12.7. The average Bonchev–Trinajstić information content (AvgIpc) is 3.15. The van der Waals surface area contributed by atoms with E-state index in [1.54, 1.807) is 0 Å². The van der Waals surface area contributed by atoms with Crippen molar-refractivity contribution in [3.63, 3.8) is 0 Å². The molecule has 1 N–H and O–H groups in total. The van der Waals surface area contributed by atoms with E-state index in [9.17, 15) is 4.79 Å². The third kappa shape index (κ3) is 1.90. The number of hydrogen-bond donors (Lipinski definition) is 1. The normalized spacial score (nSPS) is 18.0. The summed E-state index contributed by atoms with van der Waals surface area (Å²) in [5.74, 6) is 0.141. The molecule has 3 aromatic rings. The van der Waals surface area contributed by atoms with E-state index in [0.29, 0.717) is 0 Å². The zero-order valence-corrected chi connectivity index (χ0v) is 12.6. The van der Waals surface area contributed by atoms with Crippen LogP contribution in [0.1, 0.15) is 33.9 Å². The zero-order chi connectivity index (χ0) is 14.4. The van der Waals surface area contributed by atoms with Gasteiger partial charge in [-0.15, -0.1) is 11.3 Å². The number of carbonyl (C=O) groups is 1. The number of nitrogens with one attached hydrogen (secondary N) is 1. The minimum Gasteiger partial charge on any atom is -0.356 e. The maximum Gasteiger partial charge on any atom is 0.264 e. The molecule has 0 saturated heterocycles. The molecule has 1 amide bonds. The van der Waals surface area contributed by atoms with Crippen LogP contribution >= 0.6 is 11.3 Å². The van der Waals surface area contributed by atoms with Crippen molar-refractivity contribution in [2.24, 2.45) is 0 Å². The second-order valence-electron chi connectivity index (χ2n) is 5.46. The fourth-order valence-electron chi connectivity index (χ4n) is 3.25. The number of amides is 1. The Morgan fingerprint density at radius 2 is 2.14 bits per heavy atom. The van der Waals surface area contributed by atoms with Gasteiger partial charge >= 0.3 is 0 Å². The number of para-hydroxylation sites is 1. The van der Waals surface area contributed by atoms with Crippen molar-refractivity contribution < 1.29 is 4.79 Å². The molecular weight excluding hydrogens is 280 g/mol. The Kier molecular flexibility index (Phi) is 2.86. The predicted octanol–water partition coefficient (Wildman–Crippen LogP) is 3.99. The number of aromatic nitrogens is 1. The van der Waals surface area contributed by atoms with Gasteiger partial charge in [-0.2, -0.15) is 0 Å². The quantitative estimate of drug-likeness (QED) is 0.724. The van der Waals surface area contributed by atoms with Crippen LogP contribution < -0.4 is 0 Å². The van der Waals surface area contributed by atoms with E-state index in [-0.39, 0.29) is 11.9 Å². The van der Waals surface area contributed by atoms with Crippen LogP contribution in [-0.2, 0) is 6.42 Å². The first-order chi connectivity index (χ1) is 10.3. The highest BCUT2D eigenvalue weighted by Gasteiger charge is 2.30. The van der Waals surface area contributed by atoms with Crippen LogP contribution in [0.3, 0.4) is 0 Å². The molecule has 1 aromatic carbocycles. The van der Waals surface area contributed by atoms with E-state index >= 15 is 0 Å². The monoisotopic (exact) mass is 296 g/mol. The summed E-state index contributed by atoms with van der Waals surface area (Å²) < 4.78 is 0. The van der Waals surface area contributed by atoms with Gasteiger partial charge in [-0.25, -0.2) is 0 Å². The van der Waals surface area contributed by atoms with Gasteiger partial charge in [-0.3, -0.25) is 4.79 Å². The van der Waals surface area contributed by atoms with E-state index in [4.69, 9.17) is 0 Å². The average molecular weight is 296 g/mol. The number of benzene rings is 1. The molecule has 3 nitrogen and oxygen atoms in total. The zero-order valence-electron chi connectivity index (χ0n) is 11.8. The van der Waals surface area contributed by atoms with Gasteiger partial charge in [0.05, 0.1) is 10.9 Å². The molecule has 1 aliphatic heterocycles. The SMILES string of the molecule is CC1c2[nH]c3ccccc3c2CCN1C(=O)c1cccs1. The van der Waals surface area contributed by atoms with Crippen LogP contribution in [0.15, 0.2) is 41.8 Å². The highest BCUT2D eigenvalue weighted by molar-refractivity contribution is 7.12. The van der Waals surface area contributed by atoms with Gasteiger partial charge in [0, 0.05) is 23.1 Å². The Balaban J connectivity index is 1.75. The lowest BCUT2D eigenvalue weighted by molar-refractivity contribution is 0.0680. The van der Waals surface area contributed by atoms with Crippen molar-refractivity contribution in [3.8, 4) is 0 Å². The molecule has 0 fully saturated rings. The summed E-state index contributed by atoms with van der Waals surface area (Å²) >= 11 is 1.51. The number of rotatable bonds is 1. The van der Waals surface area contributed by atoms with Crippen molar-refractivity contribution in [1.82, 2.24) is 9.88 Å². The maximum absolute atomic E-state index is 12.6. The van der Waals surface area contributed by atoms with Crippen LogP contribution in [0.4, 0.5) is 0 Å². The van der Waals surface area contributed by atoms with Crippen LogP contribution in [0.2, 0.25) is 0 Å². The first-order valence-electron chi connectivity index (χ1n) is 7.19. The Labute approximate surface area is 127 Å². The Hall–Kier alpha value is -2.07. The van der Waals surface area contributed by atoms with Crippen molar-refractivity contribution in [2.75, 3.05) is 6.54 Å². The van der Waals surface area contributed by atoms with E-state index < -0.39 is 0 Å². The highest BCUT2D eigenvalue weighted by atomic mass is 32.1. The van der Waals surface area contributed by atoms with E-state index in [0.717, 1.165) is 17.8 Å². The molecule has 0 radical (unpaired) electrons. The van der Waals surface area contributed by atoms with Gasteiger partial charge < -0.3 is 9.88 Å². The molecule has 0 aliphatic carbocycles. The second kappa shape index (κ2) is 4.74. The molecule has 4 heteroatoms. The van der Waals surface area contributed by atoms with Crippen LogP contribution in [0.5, 0.6) is 0 Å². The maximum atomic E-state index is 12.6. The lowest BCUT2D eigenvalue weighted by Gasteiger charge is -2.33. The summed E-state index contributed by atoms with van der Waals surface area (Å²) in [5, 5.41) is 3.25. The Morgan fingerprint density at radius 3 is 2.95 bits per heavy atom. The molecule has 0 saturated carbocycles. The number of thiophene rings is 1. The summed E-state index contributed by atoms with van der Waals surface area (Å²) in [5.41, 5.74) is 3.72. The van der Waals surface area contributed by atoms with Gasteiger partial charge in [0.1, 0.15) is 0 Å². The molecule has 4 rings (SSSR count). The molecule has 2 aromatic heterocycles. The Morgan fingerprint density at radius 1 is 1.29 bits per heavy atom. The molecular formula is C17H16N2OS. The number of aromatic amines is 1. The first-order valence-corrected chi connectivity index (χ1v) is 8.07. The van der Waals surface area contributed by atoms with Crippen LogP contribution in [0.25, 0.3) is 10.9 Å². The van der Waals surface area contributed by atoms with Gasteiger partial charge in [-0.1, -0.05) is 24.3 Å². The summed E-state index contributed by atoms with van der Waals surface area (Å²) in [6.07, 6.45) is 0.917. The van der Waals surface area contributed by atoms with E-state index in [1.807, 2.05) is 28.5 Å². The number of carbonyl (C=O) groups excluding carboxylic acids is 1. The van der Waals surface area contributed by atoms with Gasteiger partial charge in [-0.05, 0) is 36.4 Å². The number of H-pyrrole nitrogens is 1. The third-order valence-electron chi connectivity index (χ3n) is 4.33. The number of fused-ring (bicyclic) bond motifs is 3. The fraction of sp³-hybridized carbons (Fsp3) is 0.235. The third-order valence-corrected chi connectivity index (χ3v) is 5.19. The van der Waals surface area contributed by atoms with Crippen molar-refractivity contribution in [3.05, 3.63) is 57.9 Å². The molecule has 1 atom stereocenters. The standard InChI is InChI=1S/C17H16N2OS/c1-11-16-13(12-5-2-3-6-14(12)18-16)8-9-19(11)17(20)15-7-4-10-21-15/h2-7,10-11,18H,8-9H2,1H3. The van der Waals surface area contributed by atoms with Gasteiger partial charge in [0.15, 0.2) is 0 Å². The number of hydrogen-bond acceptors (Lipinski definition) is 2. The van der Waals surface area contributed by atoms with Crippen molar-refractivity contribution in [1.29, 1.82) is 0 Å². The van der Waals surface area contributed by atoms with Crippen molar-refractivity contribution in [2.45, 2.75) is 19.4 Å². The van der Waals surface area contributed by atoms with E-state index in [1.165, 1.54) is 33.5 Å².